The number of aryl methyl sites for hydroxylation is 2. The Morgan fingerprint density at radius 3 is 2.63 bits per heavy atom. The number of carbonyl (C=O) groups is 1. The van der Waals surface area contributed by atoms with Crippen molar-refractivity contribution in [3.63, 3.8) is 0 Å². The summed E-state index contributed by atoms with van der Waals surface area (Å²) in [5, 5.41) is 4.46. The van der Waals surface area contributed by atoms with Gasteiger partial charge in [-0.25, -0.2) is 9.97 Å². The second-order valence-corrected chi connectivity index (χ2v) is 8.49. The molecule has 2 heterocycles. The average Bonchev–Trinajstić information content (AvgIpc) is 2.96. The topological polar surface area (TPSA) is 73.3 Å². The lowest BCUT2D eigenvalue weighted by Crippen LogP contribution is -2.22. The van der Waals surface area contributed by atoms with Gasteiger partial charge in [0.15, 0.2) is 11.5 Å². The van der Waals surface area contributed by atoms with Crippen LogP contribution in [0.15, 0.2) is 29.6 Å². The van der Waals surface area contributed by atoms with Crippen LogP contribution in [-0.2, 0) is 4.79 Å². The van der Waals surface area contributed by atoms with Crippen LogP contribution in [0.1, 0.15) is 17.4 Å². The first kappa shape index (κ1) is 19.4. The van der Waals surface area contributed by atoms with Crippen molar-refractivity contribution in [3.05, 3.63) is 35.0 Å². The second kappa shape index (κ2) is 8.14. The summed E-state index contributed by atoms with van der Waals surface area (Å²) in [6, 6.07) is 5.28. The molecule has 1 aromatic carbocycles. The minimum Gasteiger partial charge on any atom is -0.493 e. The zero-order valence-electron chi connectivity index (χ0n) is 15.8. The van der Waals surface area contributed by atoms with Gasteiger partial charge in [-0.2, -0.15) is 0 Å². The molecule has 1 atom stereocenters. The van der Waals surface area contributed by atoms with Crippen LogP contribution in [-0.4, -0.2) is 35.3 Å². The minimum absolute atomic E-state index is 0.108. The summed E-state index contributed by atoms with van der Waals surface area (Å²) in [6.45, 7) is 6.00. The third kappa shape index (κ3) is 4.01. The first-order chi connectivity index (χ1) is 12.9. The summed E-state index contributed by atoms with van der Waals surface area (Å²) in [5.41, 5.74) is 1.83. The highest BCUT2D eigenvalue weighted by atomic mass is 32.2. The maximum absolute atomic E-state index is 12.7. The van der Waals surface area contributed by atoms with E-state index in [1.165, 1.54) is 22.2 Å². The molecule has 142 valence electrons. The second-order valence-electron chi connectivity index (χ2n) is 5.96. The van der Waals surface area contributed by atoms with Crippen molar-refractivity contribution in [3.8, 4) is 11.5 Å². The fourth-order valence-electron chi connectivity index (χ4n) is 2.62. The normalized spacial score (nSPS) is 12.0. The van der Waals surface area contributed by atoms with E-state index in [1.807, 2.05) is 6.92 Å². The number of ether oxygens (including phenoxy) is 2. The van der Waals surface area contributed by atoms with E-state index < -0.39 is 0 Å². The molecule has 0 fully saturated rings. The molecule has 0 saturated carbocycles. The van der Waals surface area contributed by atoms with Crippen molar-refractivity contribution in [2.24, 2.45) is 0 Å². The van der Waals surface area contributed by atoms with Gasteiger partial charge < -0.3 is 14.8 Å². The van der Waals surface area contributed by atoms with E-state index in [1.54, 1.807) is 50.1 Å². The Labute approximate surface area is 166 Å². The molecular formula is C19H21N3O3S2. The molecule has 6 nitrogen and oxygen atoms in total. The van der Waals surface area contributed by atoms with Crippen molar-refractivity contribution >= 4 is 44.9 Å². The van der Waals surface area contributed by atoms with Gasteiger partial charge in [0.1, 0.15) is 16.2 Å². The molecular weight excluding hydrogens is 382 g/mol. The lowest BCUT2D eigenvalue weighted by molar-refractivity contribution is -0.115. The van der Waals surface area contributed by atoms with Gasteiger partial charge in [-0.1, -0.05) is 11.8 Å². The van der Waals surface area contributed by atoms with Gasteiger partial charge in [0.05, 0.1) is 19.5 Å². The van der Waals surface area contributed by atoms with Crippen LogP contribution in [0, 0.1) is 13.8 Å². The number of thioether (sulfide) groups is 1. The highest BCUT2D eigenvalue weighted by Crippen LogP contribution is 2.36. The van der Waals surface area contributed by atoms with Gasteiger partial charge in [-0.3, -0.25) is 4.79 Å². The first-order valence-electron chi connectivity index (χ1n) is 8.34. The Morgan fingerprint density at radius 1 is 1.19 bits per heavy atom. The summed E-state index contributed by atoms with van der Waals surface area (Å²) >= 11 is 3.08. The molecule has 3 aromatic rings. The fraction of sp³-hybridized carbons (Fsp3) is 0.316. The predicted molar refractivity (Wildman–Crippen MR) is 110 cm³/mol. The minimum atomic E-state index is -0.323. The molecule has 0 aliphatic heterocycles. The third-order valence-corrected chi connectivity index (χ3v) is 6.45. The van der Waals surface area contributed by atoms with Crippen LogP contribution < -0.4 is 14.8 Å². The Kier molecular flexibility index (Phi) is 5.86. The molecule has 8 heteroatoms. The van der Waals surface area contributed by atoms with Crippen LogP contribution in [0.2, 0.25) is 0 Å². The van der Waals surface area contributed by atoms with Gasteiger partial charge >= 0.3 is 0 Å². The van der Waals surface area contributed by atoms with Gasteiger partial charge in [-0.05, 0) is 38.5 Å². The molecule has 0 bridgehead atoms. The van der Waals surface area contributed by atoms with Gasteiger partial charge in [0, 0.05) is 22.0 Å². The van der Waals surface area contributed by atoms with E-state index in [2.05, 4.69) is 29.1 Å². The maximum atomic E-state index is 12.7. The number of thiophene rings is 1. The summed E-state index contributed by atoms with van der Waals surface area (Å²) in [6.07, 6.45) is 1.55. The van der Waals surface area contributed by atoms with E-state index in [0.29, 0.717) is 17.2 Å². The van der Waals surface area contributed by atoms with E-state index in [-0.39, 0.29) is 11.2 Å². The fourth-order valence-corrected chi connectivity index (χ4v) is 4.66. The van der Waals surface area contributed by atoms with Crippen LogP contribution >= 0.6 is 23.1 Å². The number of methoxy groups -OCH3 is 2. The van der Waals surface area contributed by atoms with Crippen molar-refractivity contribution < 1.29 is 14.3 Å². The van der Waals surface area contributed by atoms with Crippen LogP contribution in [0.3, 0.4) is 0 Å². The number of fused-ring (bicyclic) bond motifs is 1. The number of nitrogens with one attached hydrogen (secondary N) is 1. The Hall–Kier alpha value is -2.32. The highest BCUT2D eigenvalue weighted by molar-refractivity contribution is 8.00. The van der Waals surface area contributed by atoms with Crippen LogP contribution in [0.5, 0.6) is 11.5 Å². The third-order valence-electron chi connectivity index (χ3n) is 4.24. The first-order valence-corrected chi connectivity index (χ1v) is 10.0. The number of benzene rings is 1. The number of rotatable bonds is 6. The number of amides is 1. The molecule has 3 rings (SSSR count). The molecule has 27 heavy (non-hydrogen) atoms. The maximum Gasteiger partial charge on any atom is 0.237 e. The van der Waals surface area contributed by atoms with Crippen molar-refractivity contribution in [2.75, 3.05) is 19.5 Å². The summed E-state index contributed by atoms with van der Waals surface area (Å²) in [7, 11) is 3.14. The Morgan fingerprint density at radius 2 is 1.93 bits per heavy atom. The molecule has 0 spiro atoms. The largest absolute Gasteiger partial charge is 0.493 e. The molecule has 2 aromatic heterocycles. The molecule has 0 saturated heterocycles. The number of carbonyl (C=O) groups excluding carboxylic acids is 1. The molecule has 0 aliphatic rings. The lowest BCUT2D eigenvalue weighted by atomic mass is 10.2. The SMILES string of the molecule is COc1ccc(NC(=O)[C@H](C)Sc2ncnc3sc(C)c(C)c23)cc1OC. The number of aromatic nitrogens is 2. The summed E-state index contributed by atoms with van der Waals surface area (Å²) < 4.78 is 10.5. The van der Waals surface area contributed by atoms with Crippen LogP contribution in [0.4, 0.5) is 5.69 Å². The quantitative estimate of drug-likeness (QED) is 0.484. The number of nitrogens with zero attached hydrogens (tertiary/aromatic N) is 2. The highest BCUT2D eigenvalue weighted by Gasteiger charge is 2.20. The van der Waals surface area contributed by atoms with Gasteiger partial charge in [-0.15, -0.1) is 11.3 Å². The molecule has 0 unspecified atom stereocenters. The summed E-state index contributed by atoms with van der Waals surface area (Å²) in [4.78, 5) is 23.6. The van der Waals surface area contributed by atoms with Gasteiger partial charge in [0.25, 0.3) is 0 Å². The van der Waals surface area contributed by atoms with Gasteiger partial charge in [0.2, 0.25) is 5.91 Å². The summed E-state index contributed by atoms with van der Waals surface area (Å²) in [5.74, 6) is 1.07. The molecule has 0 aliphatic carbocycles. The molecule has 1 N–H and O–H groups in total. The molecule has 1 amide bonds. The monoisotopic (exact) mass is 403 g/mol. The average molecular weight is 404 g/mol. The van der Waals surface area contributed by atoms with E-state index in [0.717, 1.165) is 15.2 Å². The standard InChI is InChI=1S/C19H21N3O3S2/c1-10-11(2)26-18-16(10)19(21-9-20-18)27-12(3)17(23)22-13-6-7-14(24-4)15(8-13)25-5/h6-9,12H,1-5H3,(H,22,23)/t12-/m0/s1. The van der Waals surface area contributed by atoms with Crippen molar-refractivity contribution in [2.45, 2.75) is 31.0 Å². The van der Waals surface area contributed by atoms with E-state index in [9.17, 15) is 4.79 Å². The van der Waals surface area contributed by atoms with Crippen molar-refractivity contribution in [1.82, 2.24) is 9.97 Å². The Bertz CT molecular complexity index is 988. The predicted octanol–water partition coefficient (Wildman–Crippen LogP) is 4.44. The van der Waals surface area contributed by atoms with E-state index in [4.69, 9.17) is 9.47 Å². The Balaban J connectivity index is 1.77. The number of hydrogen-bond donors (Lipinski definition) is 1. The van der Waals surface area contributed by atoms with E-state index >= 15 is 0 Å². The van der Waals surface area contributed by atoms with Crippen molar-refractivity contribution in [1.29, 1.82) is 0 Å². The zero-order valence-corrected chi connectivity index (χ0v) is 17.5. The number of anilines is 1. The smallest absolute Gasteiger partial charge is 0.237 e. The van der Waals surface area contributed by atoms with Crippen LogP contribution in [0.25, 0.3) is 10.2 Å². The zero-order chi connectivity index (χ0) is 19.6. The molecule has 0 radical (unpaired) electrons. The lowest BCUT2D eigenvalue weighted by Gasteiger charge is -2.14. The number of hydrogen-bond acceptors (Lipinski definition) is 7.